The number of hydrogen-bond acceptors (Lipinski definition) is 4. The van der Waals surface area contributed by atoms with E-state index < -0.39 is 12.0 Å². The molecular weight excluding hydrogens is 186 g/mol. The SMILES string of the molecule is CCOC(=O)NNC(=O)CN.Cl. The summed E-state index contributed by atoms with van der Waals surface area (Å²) in [5, 5.41) is 0. The Labute approximate surface area is 76.2 Å². The van der Waals surface area contributed by atoms with E-state index in [2.05, 4.69) is 4.74 Å². The van der Waals surface area contributed by atoms with Gasteiger partial charge >= 0.3 is 6.09 Å². The van der Waals surface area contributed by atoms with Crippen LogP contribution < -0.4 is 16.6 Å². The number of carbonyl (C=O) groups excluding carboxylic acids is 2. The molecule has 0 rings (SSSR count). The van der Waals surface area contributed by atoms with Crippen molar-refractivity contribution in [2.24, 2.45) is 5.73 Å². The fraction of sp³-hybridized carbons (Fsp3) is 0.600. The van der Waals surface area contributed by atoms with Gasteiger partial charge in [-0.05, 0) is 6.92 Å². The highest BCUT2D eigenvalue weighted by Gasteiger charge is 2.00. The highest BCUT2D eigenvalue weighted by Crippen LogP contribution is 1.71. The van der Waals surface area contributed by atoms with E-state index in [4.69, 9.17) is 5.73 Å². The summed E-state index contributed by atoms with van der Waals surface area (Å²) in [6.45, 7) is 1.74. The van der Waals surface area contributed by atoms with Crippen molar-refractivity contribution in [3.8, 4) is 0 Å². The average Bonchev–Trinajstić information content (AvgIpc) is 2.01. The fourth-order valence-corrected chi connectivity index (χ4v) is 0.339. The first kappa shape index (κ1) is 13.6. The molecule has 0 atom stereocenters. The monoisotopic (exact) mass is 197 g/mol. The molecule has 0 aliphatic rings. The zero-order valence-corrected chi connectivity index (χ0v) is 7.44. The molecule has 2 amide bonds. The van der Waals surface area contributed by atoms with Crippen LogP contribution in [-0.2, 0) is 9.53 Å². The Morgan fingerprint density at radius 3 is 2.42 bits per heavy atom. The number of carbonyl (C=O) groups is 2. The van der Waals surface area contributed by atoms with Crippen molar-refractivity contribution < 1.29 is 14.3 Å². The lowest BCUT2D eigenvalue weighted by molar-refractivity contribution is -0.120. The summed E-state index contributed by atoms with van der Waals surface area (Å²) in [6, 6.07) is 0. The topological polar surface area (TPSA) is 93.5 Å². The third-order valence-electron chi connectivity index (χ3n) is 0.765. The molecule has 72 valence electrons. The van der Waals surface area contributed by atoms with Gasteiger partial charge in [0.1, 0.15) is 0 Å². The van der Waals surface area contributed by atoms with Crippen LogP contribution in [0.1, 0.15) is 6.92 Å². The molecular formula is C5H12ClN3O3. The summed E-state index contributed by atoms with van der Waals surface area (Å²) in [6.07, 6.45) is -0.700. The van der Waals surface area contributed by atoms with Crippen LogP contribution in [0.2, 0.25) is 0 Å². The second-order valence-electron chi connectivity index (χ2n) is 1.60. The zero-order chi connectivity index (χ0) is 8.69. The Balaban J connectivity index is 0. The van der Waals surface area contributed by atoms with Gasteiger partial charge < -0.3 is 10.5 Å². The molecule has 0 aliphatic heterocycles. The molecule has 0 unspecified atom stereocenters. The molecule has 4 N–H and O–H groups in total. The van der Waals surface area contributed by atoms with Gasteiger partial charge in [0, 0.05) is 0 Å². The van der Waals surface area contributed by atoms with Crippen molar-refractivity contribution in [2.75, 3.05) is 13.2 Å². The molecule has 6 nitrogen and oxygen atoms in total. The maximum Gasteiger partial charge on any atom is 0.426 e. The normalized spacial score (nSPS) is 7.83. The van der Waals surface area contributed by atoms with E-state index in [9.17, 15) is 9.59 Å². The van der Waals surface area contributed by atoms with Crippen LogP contribution in [0, 0.1) is 0 Å². The van der Waals surface area contributed by atoms with Gasteiger partial charge in [-0.3, -0.25) is 10.2 Å². The van der Waals surface area contributed by atoms with E-state index in [1.54, 1.807) is 6.92 Å². The molecule has 0 aromatic rings. The minimum Gasteiger partial charge on any atom is -0.449 e. The van der Waals surface area contributed by atoms with Gasteiger partial charge in [-0.2, -0.15) is 0 Å². The lowest BCUT2D eigenvalue weighted by Gasteiger charge is -2.04. The number of nitrogens with one attached hydrogen (secondary N) is 2. The molecule has 12 heavy (non-hydrogen) atoms. The molecule has 7 heteroatoms. The Hall–Kier alpha value is -1.01. The second kappa shape index (κ2) is 8.09. The Morgan fingerprint density at radius 1 is 1.42 bits per heavy atom. The van der Waals surface area contributed by atoms with Gasteiger partial charge in [0.25, 0.3) is 5.91 Å². The minimum atomic E-state index is -0.700. The van der Waals surface area contributed by atoms with Crippen molar-refractivity contribution in [1.29, 1.82) is 0 Å². The smallest absolute Gasteiger partial charge is 0.426 e. The highest BCUT2D eigenvalue weighted by atomic mass is 35.5. The van der Waals surface area contributed by atoms with Gasteiger partial charge in [-0.25, -0.2) is 10.2 Å². The highest BCUT2D eigenvalue weighted by molar-refractivity contribution is 5.85. The van der Waals surface area contributed by atoms with Gasteiger partial charge in [0.2, 0.25) is 0 Å². The Kier molecular flexibility index (Phi) is 9.15. The van der Waals surface area contributed by atoms with Gasteiger partial charge in [-0.1, -0.05) is 0 Å². The first-order chi connectivity index (χ1) is 5.20. The van der Waals surface area contributed by atoms with Crippen LogP contribution in [0.5, 0.6) is 0 Å². The number of rotatable bonds is 2. The number of nitrogens with two attached hydrogens (primary N) is 1. The molecule has 0 aromatic carbocycles. The van der Waals surface area contributed by atoms with Crippen molar-refractivity contribution in [1.82, 2.24) is 10.9 Å². The maximum atomic E-state index is 10.5. The van der Waals surface area contributed by atoms with Crippen molar-refractivity contribution in [3.05, 3.63) is 0 Å². The minimum absolute atomic E-state index is 0. The zero-order valence-electron chi connectivity index (χ0n) is 6.62. The predicted molar refractivity (Wildman–Crippen MR) is 44.6 cm³/mol. The summed E-state index contributed by atoms with van der Waals surface area (Å²) in [7, 11) is 0. The van der Waals surface area contributed by atoms with Crippen molar-refractivity contribution >= 4 is 24.4 Å². The van der Waals surface area contributed by atoms with E-state index in [-0.39, 0.29) is 25.6 Å². The van der Waals surface area contributed by atoms with Crippen LogP contribution in [-0.4, -0.2) is 25.2 Å². The van der Waals surface area contributed by atoms with Crippen LogP contribution in [0.25, 0.3) is 0 Å². The third kappa shape index (κ3) is 7.10. The quantitative estimate of drug-likeness (QED) is 0.503. The van der Waals surface area contributed by atoms with Crippen molar-refractivity contribution in [3.63, 3.8) is 0 Å². The molecule has 0 bridgehead atoms. The molecule has 0 heterocycles. The Morgan fingerprint density at radius 2 is 2.00 bits per heavy atom. The molecule has 0 aromatic heterocycles. The van der Waals surface area contributed by atoms with Gasteiger partial charge in [0.05, 0.1) is 13.2 Å². The summed E-state index contributed by atoms with van der Waals surface area (Å²) in [4.78, 5) is 20.9. The number of halogens is 1. The number of hydrogen-bond donors (Lipinski definition) is 3. The van der Waals surface area contributed by atoms with Crippen LogP contribution >= 0.6 is 12.4 Å². The van der Waals surface area contributed by atoms with E-state index in [1.165, 1.54) is 0 Å². The molecule has 0 saturated heterocycles. The first-order valence-electron chi connectivity index (χ1n) is 3.12. The molecule has 0 spiro atoms. The summed E-state index contributed by atoms with van der Waals surface area (Å²) in [5.74, 6) is -0.474. The van der Waals surface area contributed by atoms with E-state index in [0.717, 1.165) is 0 Å². The number of ether oxygens (including phenoxy) is 1. The molecule has 0 radical (unpaired) electrons. The number of amides is 2. The summed E-state index contributed by atoms with van der Waals surface area (Å²) in [5.41, 5.74) is 8.95. The van der Waals surface area contributed by atoms with Gasteiger partial charge in [0.15, 0.2) is 0 Å². The van der Waals surface area contributed by atoms with Crippen molar-refractivity contribution in [2.45, 2.75) is 6.92 Å². The molecule has 0 aliphatic carbocycles. The summed E-state index contributed by atoms with van der Waals surface area (Å²) >= 11 is 0. The standard InChI is InChI=1S/C5H11N3O3.ClH/c1-2-11-5(10)8-7-4(9)3-6;/h2-3,6H2,1H3,(H,7,9)(H,8,10);1H. The second-order valence-corrected chi connectivity index (χ2v) is 1.60. The van der Waals surface area contributed by atoms with Gasteiger partial charge in [-0.15, -0.1) is 12.4 Å². The average molecular weight is 198 g/mol. The van der Waals surface area contributed by atoms with E-state index >= 15 is 0 Å². The Bertz CT molecular complexity index is 153. The van der Waals surface area contributed by atoms with Crippen LogP contribution in [0.15, 0.2) is 0 Å². The fourth-order valence-electron chi connectivity index (χ4n) is 0.339. The summed E-state index contributed by atoms with van der Waals surface area (Å²) < 4.78 is 4.43. The molecule has 0 saturated carbocycles. The molecule has 0 fully saturated rings. The van der Waals surface area contributed by atoms with Crippen LogP contribution in [0.4, 0.5) is 4.79 Å². The van der Waals surface area contributed by atoms with Crippen LogP contribution in [0.3, 0.4) is 0 Å². The third-order valence-corrected chi connectivity index (χ3v) is 0.765. The first-order valence-corrected chi connectivity index (χ1v) is 3.12. The predicted octanol–water partition coefficient (Wildman–Crippen LogP) is -0.856. The number of hydrazine groups is 1. The largest absolute Gasteiger partial charge is 0.449 e. The lowest BCUT2D eigenvalue weighted by Crippen LogP contribution is -2.44. The van der Waals surface area contributed by atoms with E-state index in [0.29, 0.717) is 0 Å². The lowest BCUT2D eigenvalue weighted by atomic mass is 10.6. The maximum absolute atomic E-state index is 10.5. The van der Waals surface area contributed by atoms with E-state index in [1.807, 2.05) is 10.9 Å².